The van der Waals surface area contributed by atoms with Crippen molar-refractivity contribution in [3.8, 4) is 0 Å². The van der Waals surface area contributed by atoms with Crippen LogP contribution in [0, 0.1) is 5.82 Å². The van der Waals surface area contributed by atoms with Crippen LogP contribution in [-0.4, -0.2) is 23.4 Å². The van der Waals surface area contributed by atoms with Crippen LogP contribution in [-0.2, 0) is 0 Å². The summed E-state index contributed by atoms with van der Waals surface area (Å²) in [4.78, 5) is 13.6. The standard InChI is InChI=1S/C12H17FN2O/c1-4-15(8(2)3)12(16)10-6-5-9(14)7-11(10)13/h5-8H,4,14H2,1-3H3. The number of hydrogen-bond donors (Lipinski definition) is 1. The molecule has 1 rings (SSSR count). The number of hydrogen-bond acceptors (Lipinski definition) is 2. The predicted octanol–water partition coefficient (Wildman–Crippen LogP) is 2.28. The minimum absolute atomic E-state index is 0.0504. The van der Waals surface area contributed by atoms with E-state index in [1.54, 1.807) is 4.90 Å². The van der Waals surface area contributed by atoms with Crippen LogP contribution >= 0.6 is 0 Å². The number of amides is 1. The summed E-state index contributed by atoms with van der Waals surface area (Å²) in [6, 6.07) is 4.18. The lowest BCUT2D eigenvalue weighted by atomic mass is 10.1. The van der Waals surface area contributed by atoms with Crippen molar-refractivity contribution in [1.82, 2.24) is 4.90 Å². The Bertz CT molecular complexity index is 391. The van der Waals surface area contributed by atoms with Crippen LogP contribution in [0.5, 0.6) is 0 Å². The lowest BCUT2D eigenvalue weighted by Crippen LogP contribution is -2.37. The largest absolute Gasteiger partial charge is 0.399 e. The molecule has 0 radical (unpaired) electrons. The van der Waals surface area contributed by atoms with Crippen LogP contribution in [0.25, 0.3) is 0 Å². The Balaban J connectivity index is 3.04. The van der Waals surface area contributed by atoms with E-state index in [4.69, 9.17) is 5.73 Å². The third-order valence-corrected chi connectivity index (χ3v) is 2.45. The molecule has 0 saturated carbocycles. The molecule has 0 heterocycles. The maximum atomic E-state index is 13.5. The van der Waals surface area contributed by atoms with Gasteiger partial charge >= 0.3 is 0 Å². The van der Waals surface area contributed by atoms with Crippen molar-refractivity contribution in [2.24, 2.45) is 0 Å². The van der Waals surface area contributed by atoms with Gasteiger partial charge in [-0.3, -0.25) is 4.79 Å². The first kappa shape index (κ1) is 12.5. The summed E-state index contributed by atoms with van der Waals surface area (Å²) in [7, 11) is 0. The number of nitrogens with two attached hydrogens (primary N) is 1. The predicted molar refractivity (Wildman–Crippen MR) is 62.7 cm³/mol. The zero-order valence-electron chi connectivity index (χ0n) is 9.83. The molecule has 1 aromatic rings. The van der Waals surface area contributed by atoms with Gasteiger partial charge in [-0.05, 0) is 39.0 Å². The Kier molecular flexibility index (Phi) is 3.88. The van der Waals surface area contributed by atoms with E-state index in [1.165, 1.54) is 18.2 Å². The first-order valence-electron chi connectivity index (χ1n) is 5.33. The zero-order chi connectivity index (χ0) is 12.3. The molecule has 2 N–H and O–H groups in total. The summed E-state index contributed by atoms with van der Waals surface area (Å²) in [5.74, 6) is -0.862. The third-order valence-electron chi connectivity index (χ3n) is 2.45. The Hall–Kier alpha value is -1.58. The van der Waals surface area contributed by atoms with Crippen LogP contribution in [0.4, 0.5) is 10.1 Å². The highest BCUT2D eigenvalue weighted by Crippen LogP contribution is 2.15. The van der Waals surface area contributed by atoms with Gasteiger partial charge in [0.1, 0.15) is 5.82 Å². The van der Waals surface area contributed by atoms with E-state index in [0.29, 0.717) is 12.2 Å². The highest BCUT2D eigenvalue weighted by Gasteiger charge is 2.19. The molecule has 0 bridgehead atoms. The average molecular weight is 224 g/mol. The maximum absolute atomic E-state index is 13.5. The molecular weight excluding hydrogens is 207 g/mol. The van der Waals surface area contributed by atoms with Crippen molar-refractivity contribution in [2.75, 3.05) is 12.3 Å². The third kappa shape index (κ3) is 2.51. The lowest BCUT2D eigenvalue weighted by Gasteiger charge is -2.25. The molecule has 3 nitrogen and oxygen atoms in total. The van der Waals surface area contributed by atoms with Crippen molar-refractivity contribution in [1.29, 1.82) is 0 Å². The Labute approximate surface area is 95.0 Å². The molecule has 88 valence electrons. The number of nitrogens with zero attached hydrogens (tertiary/aromatic N) is 1. The number of rotatable bonds is 3. The number of anilines is 1. The average Bonchev–Trinajstić information content (AvgIpc) is 2.17. The molecule has 0 aliphatic rings. The molecule has 1 amide bonds. The number of nitrogen functional groups attached to an aromatic ring is 1. The number of benzene rings is 1. The molecule has 0 atom stereocenters. The molecule has 0 aliphatic heterocycles. The molecule has 0 unspecified atom stereocenters. The van der Waals surface area contributed by atoms with Gasteiger partial charge < -0.3 is 10.6 Å². The van der Waals surface area contributed by atoms with Crippen LogP contribution in [0.3, 0.4) is 0 Å². The molecule has 16 heavy (non-hydrogen) atoms. The van der Waals surface area contributed by atoms with Crippen molar-refractivity contribution < 1.29 is 9.18 Å². The molecule has 0 aromatic heterocycles. The first-order valence-corrected chi connectivity index (χ1v) is 5.33. The summed E-state index contributed by atoms with van der Waals surface area (Å²) < 4.78 is 13.5. The van der Waals surface area contributed by atoms with Gasteiger partial charge in [0, 0.05) is 18.3 Å². The van der Waals surface area contributed by atoms with E-state index in [2.05, 4.69) is 0 Å². The van der Waals surface area contributed by atoms with E-state index >= 15 is 0 Å². The van der Waals surface area contributed by atoms with Crippen LogP contribution < -0.4 is 5.73 Å². The van der Waals surface area contributed by atoms with Crippen molar-refractivity contribution in [3.05, 3.63) is 29.6 Å². The summed E-state index contributed by atoms with van der Waals surface area (Å²) in [5, 5.41) is 0. The highest BCUT2D eigenvalue weighted by atomic mass is 19.1. The van der Waals surface area contributed by atoms with Gasteiger partial charge in [-0.2, -0.15) is 0 Å². The minimum Gasteiger partial charge on any atom is -0.399 e. The van der Waals surface area contributed by atoms with E-state index < -0.39 is 5.82 Å². The fourth-order valence-corrected chi connectivity index (χ4v) is 1.60. The summed E-state index contributed by atoms with van der Waals surface area (Å²) >= 11 is 0. The van der Waals surface area contributed by atoms with Crippen molar-refractivity contribution in [2.45, 2.75) is 26.8 Å². The molecule has 0 saturated heterocycles. The normalized spacial score (nSPS) is 10.6. The first-order chi connectivity index (χ1) is 7.47. The smallest absolute Gasteiger partial charge is 0.257 e. The summed E-state index contributed by atoms with van der Waals surface area (Å²) in [6.45, 7) is 6.22. The van der Waals surface area contributed by atoms with Crippen LogP contribution in [0.1, 0.15) is 31.1 Å². The number of carbonyl (C=O) groups is 1. The SMILES string of the molecule is CCN(C(=O)c1ccc(N)cc1F)C(C)C. The van der Waals surface area contributed by atoms with Crippen molar-refractivity contribution in [3.63, 3.8) is 0 Å². The molecule has 0 fully saturated rings. The molecule has 0 aliphatic carbocycles. The van der Waals surface area contributed by atoms with Crippen LogP contribution in [0.15, 0.2) is 18.2 Å². The van der Waals surface area contributed by atoms with Gasteiger partial charge in [-0.1, -0.05) is 0 Å². The maximum Gasteiger partial charge on any atom is 0.257 e. The molecule has 1 aromatic carbocycles. The zero-order valence-corrected chi connectivity index (χ0v) is 9.83. The molecule has 4 heteroatoms. The van der Waals surface area contributed by atoms with E-state index in [-0.39, 0.29) is 17.5 Å². The Morgan fingerprint density at radius 2 is 2.12 bits per heavy atom. The van der Waals surface area contributed by atoms with Gasteiger partial charge in [0.2, 0.25) is 0 Å². The lowest BCUT2D eigenvalue weighted by molar-refractivity contribution is 0.0712. The Morgan fingerprint density at radius 3 is 2.56 bits per heavy atom. The van der Waals surface area contributed by atoms with Crippen molar-refractivity contribution >= 4 is 11.6 Å². The summed E-state index contributed by atoms with van der Waals surface area (Å²) in [6.07, 6.45) is 0. The quantitative estimate of drug-likeness (QED) is 0.801. The monoisotopic (exact) mass is 224 g/mol. The topological polar surface area (TPSA) is 46.3 Å². The van der Waals surface area contributed by atoms with E-state index in [0.717, 1.165) is 0 Å². The molecular formula is C12H17FN2O. The number of halogens is 1. The molecule has 0 spiro atoms. The van der Waals surface area contributed by atoms with Crippen LogP contribution in [0.2, 0.25) is 0 Å². The fourth-order valence-electron chi connectivity index (χ4n) is 1.60. The Morgan fingerprint density at radius 1 is 1.50 bits per heavy atom. The van der Waals surface area contributed by atoms with E-state index in [9.17, 15) is 9.18 Å². The summed E-state index contributed by atoms with van der Waals surface area (Å²) in [5.41, 5.74) is 5.83. The van der Waals surface area contributed by atoms with E-state index in [1.807, 2.05) is 20.8 Å². The second-order valence-corrected chi connectivity index (χ2v) is 3.92. The van der Waals surface area contributed by atoms with Gasteiger partial charge in [0.05, 0.1) is 5.56 Å². The second kappa shape index (κ2) is 4.96. The fraction of sp³-hybridized carbons (Fsp3) is 0.417. The van der Waals surface area contributed by atoms with Gasteiger partial charge in [-0.15, -0.1) is 0 Å². The highest BCUT2D eigenvalue weighted by molar-refractivity contribution is 5.95. The number of carbonyl (C=O) groups excluding carboxylic acids is 1. The van der Waals surface area contributed by atoms with Gasteiger partial charge in [0.15, 0.2) is 0 Å². The second-order valence-electron chi connectivity index (χ2n) is 3.92. The minimum atomic E-state index is -0.566. The van der Waals surface area contributed by atoms with Gasteiger partial charge in [-0.25, -0.2) is 4.39 Å². The van der Waals surface area contributed by atoms with Gasteiger partial charge in [0.25, 0.3) is 5.91 Å².